The van der Waals surface area contributed by atoms with Crippen molar-refractivity contribution in [3.8, 4) is 5.75 Å². The molecule has 2 aromatic rings. The van der Waals surface area contributed by atoms with E-state index in [1.54, 1.807) is 6.07 Å². The van der Waals surface area contributed by atoms with Crippen molar-refractivity contribution in [2.45, 2.75) is 31.1 Å². The highest BCUT2D eigenvalue weighted by molar-refractivity contribution is 5.40. The molecule has 1 atom stereocenters. The molecule has 21 heavy (non-hydrogen) atoms. The lowest BCUT2D eigenvalue weighted by atomic mass is 9.66. The summed E-state index contributed by atoms with van der Waals surface area (Å²) in [6.07, 6.45) is 4.58. The normalized spacial score (nSPS) is 21.0. The van der Waals surface area contributed by atoms with Crippen LogP contribution in [0, 0.1) is 0 Å². The highest BCUT2D eigenvalue weighted by Crippen LogP contribution is 2.40. The average molecular weight is 281 g/mol. The van der Waals surface area contributed by atoms with E-state index in [0.717, 1.165) is 13.0 Å². The number of benzene rings is 2. The highest BCUT2D eigenvalue weighted by Gasteiger charge is 2.35. The molecule has 2 heteroatoms. The van der Waals surface area contributed by atoms with Gasteiger partial charge in [-0.15, -0.1) is 0 Å². The molecule has 0 spiro atoms. The number of rotatable bonds is 4. The second-order valence-electron chi connectivity index (χ2n) is 6.17. The van der Waals surface area contributed by atoms with Gasteiger partial charge >= 0.3 is 0 Å². The van der Waals surface area contributed by atoms with Crippen LogP contribution < -0.4 is 5.32 Å². The van der Waals surface area contributed by atoms with Gasteiger partial charge in [0, 0.05) is 12.0 Å². The van der Waals surface area contributed by atoms with Crippen LogP contribution in [0.2, 0.25) is 0 Å². The molecule has 0 bridgehead atoms. The van der Waals surface area contributed by atoms with Crippen LogP contribution in [0.25, 0.3) is 0 Å². The SMILES string of the molecule is CNCC1(Cc2cccc(O)c2)CCCc2ccccc21. The Morgan fingerprint density at radius 3 is 2.81 bits per heavy atom. The standard InChI is InChI=1S/C19H23NO/c1-20-14-19(13-15-6-4-9-17(21)12-15)11-5-8-16-7-2-3-10-18(16)19/h2-4,6-7,9-10,12,20-21H,5,8,11,13-14H2,1H3. The van der Waals surface area contributed by atoms with Crippen molar-refractivity contribution in [2.24, 2.45) is 0 Å². The molecule has 0 amide bonds. The third-order valence-electron chi connectivity index (χ3n) is 4.66. The Kier molecular flexibility index (Phi) is 3.98. The Bertz CT molecular complexity index is 622. The quantitative estimate of drug-likeness (QED) is 0.900. The lowest BCUT2D eigenvalue weighted by molar-refractivity contribution is 0.344. The summed E-state index contributed by atoms with van der Waals surface area (Å²) in [6, 6.07) is 16.5. The van der Waals surface area contributed by atoms with Gasteiger partial charge in [0.1, 0.15) is 5.75 Å². The molecule has 2 N–H and O–H groups in total. The number of phenolic OH excluding ortho intramolecular Hbond substituents is 1. The molecule has 0 radical (unpaired) electrons. The Labute approximate surface area is 126 Å². The minimum Gasteiger partial charge on any atom is -0.508 e. The number of likely N-dealkylation sites (N-methyl/N-ethyl adjacent to an activating group) is 1. The predicted molar refractivity (Wildman–Crippen MR) is 86.8 cm³/mol. The Balaban J connectivity index is 2.01. The fourth-order valence-electron chi connectivity index (χ4n) is 3.83. The first-order chi connectivity index (χ1) is 10.2. The number of aromatic hydroxyl groups is 1. The first-order valence-electron chi connectivity index (χ1n) is 7.74. The van der Waals surface area contributed by atoms with Crippen LogP contribution in [0.5, 0.6) is 5.75 Å². The molecule has 2 nitrogen and oxygen atoms in total. The molecular weight excluding hydrogens is 258 g/mol. The monoisotopic (exact) mass is 281 g/mol. The number of aryl methyl sites for hydroxylation is 1. The van der Waals surface area contributed by atoms with Crippen molar-refractivity contribution < 1.29 is 5.11 Å². The average Bonchev–Trinajstić information content (AvgIpc) is 2.48. The van der Waals surface area contributed by atoms with Crippen LogP contribution in [0.4, 0.5) is 0 Å². The lowest BCUT2D eigenvalue weighted by Crippen LogP contribution is -2.41. The van der Waals surface area contributed by atoms with Crippen LogP contribution in [-0.4, -0.2) is 18.7 Å². The first-order valence-corrected chi connectivity index (χ1v) is 7.74. The maximum Gasteiger partial charge on any atom is 0.115 e. The Hall–Kier alpha value is -1.80. The summed E-state index contributed by atoms with van der Waals surface area (Å²) >= 11 is 0. The number of nitrogens with one attached hydrogen (secondary N) is 1. The molecule has 0 saturated heterocycles. The molecule has 0 saturated carbocycles. The summed E-state index contributed by atoms with van der Waals surface area (Å²) in [5.74, 6) is 0.358. The van der Waals surface area contributed by atoms with Crippen molar-refractivity contribution in [3.63, 3.8) is 0 Å². The topological polar surface area (TPSA) is 32.3 Å². The van der Waals surface area contributed by atoms with E-state index in [1.165, 1.54) is 36.0 Å². The van der Waals surface area contributed by atoms with Gasteiger partial charge in [-0.1, -0.05) is 36.4 Å². The number of hydrogen-bond acceptors (Lipinski definition) is 2. The molecule has 1 aliphatic carbocycles. The molecule has 1 aliphatic rings. The van der Waals surface area contributed by atoms with Gasteiger partial charge in [0.2, 0.25) is 0 Å². The molecule has 0 aromatic heterocycles. The molecule has 0 heterocycles. The number of fused-ring (bicyclic) bond motifs is 1. The van der Waals surface area contributed by atoms with E-state index >= 15 is 0 Å². The van der Waals surface area contributed by atoms with Crippen molar-refractivity contribution in [1.82, 2.24) is 5.32 Å². The summed E-state index contributed by atoms with van der Waals surface area (Å²) in [5, 5.41) is 13.1. The van der Waals surface area contributed by atoms with E-state index in [2.05, 4.69) is 35.6 Å². The van der Waals surface area contributed by atoms with Gasteiger partial charge in [0.15, 0.2) is 0 Å². The third-order valence-corrected chi connectivity index (χ3v) is 4.66. The van der Waals surface area contributed by atoms with E-state index < -0.39 is 0 Å². The lowest BCUT2D eigenvalue weighted by Gasteiger charge is -2.39. The van der Waals surface area contributed by atoms with Crippen molar-refractivity contribution in [1.29, 1.82) is 0 Å². The van der Waals surface area contributed by atoms with E-state index in [9.17, 15) is 5.11 Å². The maximum atomic E-state index is 9.74. The first kappa shape index (κ1) is 14.2. The largest absolute Gasteiger partial charge is 0.508 e. The van der Waals surface area contributed by atoms with Crippen LogP contribution in [0.15, 0.2) is 48.5 Å². The summed E-state index contributed by atoms with van der Waals surface area (Å²) in [5.41, 5.74) is 4.31. The fraction of sp³-hybridized carbons (Fsp3) is 0.368. The third kappa shape index (κ3) is 2.81. The predicted octanol–water partition coefficient (Wildman–Crippen LogP) is 3.43. The van der Waals surface area contributed by atoms with E-state index in [-0.39, 0.29) is 5.41 Å². The fourth-order valence-corrected chi connectivity index (χ4v) is 3.83. The highest BCUT2D eigenvalue weighted by atomic mass is 16.3. The van der Waals surface area contributed by atoms with Crippen molar-refractivity contribution >= 4 is 0 Å². The summed E-state index contributed by atoms with van der Waals surface area (Å²) in [7, 11) is 2.03. The van der Waals surface area contributed by atoms with Crippen LogP contribution in [0.1, 0.15) is 29.5 Å². The molecule has 0 fully saturated rings. The van der Waals surface area contributed by atoms with Crippen molar-refractivity contribution in [2.75, 3.05) is 13.6 Å². The number of phenols is 1. The maximum absolute atomic E-state index is 9.74. The molecule has 2 aromatic carbocycles. The minimum atomic E-state index is 0.136. The second-order valence-corrected chi connectivity index (χ2v) is 6.17. The zero-order chi connectivity index (χ0) is 14.7. The smallest absolute Gasteiger partial charge is 0.115 e. The molecule has 0 aliphatic heterocycles. The Morgan fingerprint density at radius 2 is 2.00 bits per heavy atom. The van der Waals surface area contributed by atoms with Crippen LogP contribution in [-0.2, 0) is 18.3 Å². The molecule has 3 rings (SSSR count). The van der Waals surface area contributed by atoms with Crippen LogP contribution in [0.3, 0.4) is 0 Å². The van der Waals surface area contributed by atoms with Gasteiger partial charge in [-0.25, -0.2) is 0 Å². The summed E-state index contributed by atoms with van der Waals surface area (Å²) in [4.78, 5) is 0. The zero-order valence-electron chi connectivity index (χ0n) is 12.6. The zero-order valence-corrected chi connectivity index (χ0v) is 12.6. The van der Waals surface area contributed by atoms with Crippen LogP contribution >= 0.6 is 0 Å². The van der Waals surface area contributed by atoms with E-state index in [0.29, 0.717) is 5.75 Å². The van der Waals surface area contributed by atoms with Gasteiger partial charge in [0.05, 0.1) is 0 Å². The Morgan fingerprint density at radius 1 is 1.14 bits per heavy atom. The van der Waals surface area contributed by atoms with Gasteiger partial charge < -0.3 is 10.4 Å². The summed E-state index contributed by atoms with van der Waals surface area (Å²) in [6.45, 7) is 0.972. The minimum absolute atomic E-state index is 0.136. The molecular formula is C19H23NO. The molecule has 1 unspecified atom stereocenters. The van der Waals surface area contributed by atoms with E-state index in [4.69, 9.17) is 0 Å². The second kappa shape index (κ2) is 5.90. The van der Waals surface area contributed by atoms with Gasteiger partial charge in [-0.05, 0) is 61.6 Å². The number of hydrogen-bond donors (Lipinski definition) is 2. The van der Waals surface area contributed by atoms with Gasteiger partial charge in [-0.2, -0.15) is 0 Å². The summed E-state index contributed by atoms with van der Waals surface area (Å²) < 4.78 is 0. The van der Waals surface area contributed by atoms with Gasteiger partial charge in [-0.3, -0.25) is 0 Å². The molecule has 110 valence electrons. The van der Waals surface area contributed by atoms with Gasteiger partial charge in [0.25, 0.3) is 0 Å². The van der Waals surface area contributed by atoms with Crippen molar-refractivity contribution in [3.05, 3.63) is 65.2 Å². The van der Waals surface area contributed by atoms with E-state index in [1.807, 2.05) is 19.2 Å².